The Morgan fingerprint density at radius 3 is 2.58 bits per heavy atom. The molecule has 1 aromatic rings. The van der Waals surface area contributed by atoms with Gasteiger partial charge in [0.05, 0.1) is 0 Å². The van der Waals surface area contributed by atoms with Crippen molar-refractivity contribution in [2.45, 2.75) is 63.6 Å². The minimum Gasteiger partial charge on any atom is -0.353 e. The highest BCUT2D eigenvalue weighted by atomic mass is 16.2. The van der Waals surface area contributed by atoms with E-state index >= 15 is 0 Å². The molecule has 2 fully saturated rings. The number of imide groups is 1. The average Bonchev–Trinajstić information content (AvgIpc) is 2.89. The van der Waals surface area contributed by atoms with Crippen LogP contribution in [0.5, 0.6) is 0 Å². The maximum absolute atomic E-state index is 12.7. The summed E-state index contributed by atoms with van der Waals surface area (Å²) in [5, 5.41) is 3.05. The van der Waals surface area contributed by atoms with Crippen molar-refractivity contribution in [1.29, 1.82) is 0 Å². The molecule has 2 heterocycles. The van der Waals surface area contributed by atoms with Crippen LogP contribution < -0.4 is 5.32 Å². The van der Waals surface area contributed by atoms with E-state index in [1.807, 2.05) is 24.3 Å². The summed E-state index contributed by atoms with van der Waals surface area (Å²) in [5.41, 5.74) is 2.23. The van der Waals surface area contributed by atoms with E-state index in [4.69, 9.17) is 0 Å². The molecule has 0 unspecified atom stereocenters. The summed E-state index contributed by atoms with van der Waals surface area (Å²) in [6.45, 7) is 0.635. The van der Waals surface area contributed by atoms with Crippen LogP contribution in [0.2, 0.25) is 0 Å². The van der Waals surface area contributed by atoms with Crippen molar-refractivity contribution in [3.8, 4) is 0 Å². The minimum atomic E-state index is -0.418. The fourth-order valence-corrected chi connectivity index (χ4v) is 4.34. The van der Waals surface area contributed by atoms with Gasteiger partial charge in [-0.2, -0.15) is 0 Å². The van der Waals surface area contributed by atoms with Crippen molar-refractivity contribution in [3.63, 3.8) is 0 Å². The lowest BCUT2D eigenvalue weighted by atomic mass is 9.95. The Morgan fingerprint density at radius 1 is 1.08 bits per heavy atom. The standard InChI is InChI=1S/C20H25N3O3/c24-18(21-16-8-2-1-3-9-16)10-11-22-19(25)17-12-14-6-4-5-7-15(14)13-23(17)20(22)26/h4-7,16-17H,1-3,8-13H2,(H,21,24)/t17-/m0/s1. The van der Waals surface area contributed by atoms with E-state index in [1.54, 1.807) is 4.90 Å². The molecule has 2 aliphatic heterocycles. The van der Waals surface area contributed by atoms with Crippen molar-refractivity contribution in [2.75, 3.05) is 6.54 Å². The molecule has 4 rings (SSSR count). The molecular formula is C20H25N3O3. The van der Waals surface area contributed by atoms with Gasteiger partial charge in [0, 0.05) is 32.0 Å². The SMILES string of the molecule is O=C(CCN1C(=O)[C@@H]2Cc3ccccc3CN2C1=O)NC1CCCCC1. The molecule has 1 aliphatic carbocycles. The number of hydrogen-bond donors (Lipinski definition) is 1. The van der Waals surface area contributed by atoms with Gasteiger partial charge in [-0.1, -0.05) is 43.5 Å². The summed E-state index contributed by atoms with van der Waals surface area (Å²) >= 11 is 0. The number of carbonyl (C=O) groups is 3. The average molecular weight is 355 g/mol. The van der Waals surface area contributed by atoms with E-state index in [2.05, 4.69) is 5.32 Å². The predicted octanol–water partition coefficient (Wildman–Crippen LogP) is 2.21. The van der Waals surface area contributed by atoms with Gasteiger partial charge in [-0.15, -0.1) is 0 Å². The van der Waals surface area contributed by atoms with Gasteiger partial charge in [0.2, 0.25) is 5.91 Å². The Hall–Kier alpha value is -2.37. The van der Waals surface area contributed by atoms with Crippen LogP contribution in [0.3, 0.4) is 0 Å². The second kappa shape index (κ2) is 7.09. The molecule has 3 aliphatic rings. The smallest absolute Gasteiger partial charge is 0.327 e. The quantitative estimate of drug-likeness (QED) is 0.842. The van der Waals surface area contributed by atoms with Crippen molar-refractivity contribution >= 4 is 17.8 Å². The Balaban J connectivity index is 1.36. The highest BCUT2D eigenvalue weighted by Crippen LogP contribution is 2.30. The summed E-state index contributed by atoms with van der Waals surface area (Å²) in [5.74, 6) is -0.236. The molecule has 1 saturated carbocycles. The van der Waals surface area contributed by atoms with Crippen molar-refractivity contribution < 1.29 is 14.4 Å². The molecule has 26 heavy (non-hydrogen) atoms. The third kappa shape index (κ3) is 3.20. The van der Waals surface area contributed by atoms with Crippen LogP contribution in [0.4, 0.5) is 4.79 Å². The lowest BCUT2D eigenvalue weighted by Gasteiger charge is -2.28. The Morgan fingerprint density at radius 2 is 1.81 bits per heavy atom. The van der Waals surface area contributed by atoms with Crippen LogP contribution in [0, 0.1) is 0 Å². The highest BCUT2D eigenvalue weighted by molar-refractivity contribution is 6.04. The van der Waals surface area contributed by atoms with E-state index in [0.29, 0.717) is 13.0 Å². The number of benzene rings is 1. The van der Waals surface area contributed by atoms with E-state index in [-0.39, 0.29) is 36.9 Å². The number of amides is 4. The number of nitrogens with one attached hydrogen (secondary N) is 1. The van der Waals surface area contributed by atoms with Crippen molar-refractivity contribution in [3.05, 3.63) is 35.4 Å². The van der Waals surface area contributed by atoms with Gasteiger partial charge in [-0.3, -0.25) is 14.5 Å². The zero-order valence-electron chi connectivity index (χ0n) is 14.9. The molecule has 6 nitrogen and oxygen atoms in total. The van der Waals surface area contributed by atoms with Crippen molar-refractivity contribution in [1.82, 2.24) is 15.1 Å². The molecule has 0 radical (unpaired) electrons. The van der Waals surface area contributed by atoms with Gasteiger partial charge in [0.1, 0.15) is 6.04 Å². The maximum Gasteiger partial charge on any atom is 0.327 e. The molecule has 4 amide bonds. The molecule has 1 aromatic carbocycles. The van der Waals surface area contributed by atoms with E-state index in [0.717, 1.165) is 36.8 Å². The largest absolute Gasteiger partial charge is 0.353 e. The fourth-order valence-electron chi connectivity index (χ4n) is 4.34. The maximum atomic E-state index is 12.7. The highest BCUT2D eigenvalue weighted by Gasteiger charge is 2.46. The summed E-state index contributed by atoms with van der Waals surface area (Å²) in [6, 6.07) is 7.51. The summed E-state index contributed by atoms with van der Waals surface area (Å²) in [7, 11) is 0. The molecular weight excluding hydrogens is 330 g/mol. The normalized spacial score (nSPS) is 23.0. The molecule has 0 bridgehead atoms. The molecule has 1 N–H and O–H groups in total. The summed E-state index contributed by atoms with van der Waals surface area (Å²) in [6.07, 6.45) is 6.36. The molecule has 138 valence electrons. The van der Waals surface area contributed by atoms with Crippen LogP contribution in [-0.4, -0.2) is 46.3 Å². The topological polar surface area (TPSA) is 69.7 Å². The van der Waals surface area contributed by atoms with E-state index in [9.17, 15) is 14.4 Å². The van der Waals surface area contributed by atoms with Crippen LogP contribution in [0.1, 0.15) is 49.7 Å². The van der Waals surface area contributed by atoms with Crippen LogP contribution in [0.15, 0.2) is 24.3 Å². The molecule has 6 heteroatoms. The zero-order chi connectivity index (χ0) is 18.1. The summed E-state index contributed by atoms with van der Waals surface area (Å²) < 4.78 is 0. The molecule has 0 spiro atoms. The van der Waals surface area contributed by atoms with Crippen LogP contribution in [-0.2, 0) is 22.6 Å². The first-order chi connectivity index (χ1) is 12.6. The number of urea groups is 1. The Kier molecular flexibility index (Phi) is 4.66. The second-order valence-electron chi connectivity index (χ2n) is 7.54. The first kappa shape index (κ1) is 17.1. The number of nitrogens with zero attached hydrogens (tertiary/aromatic N) is 2. The van der Waals surface area contributed by atoms with Gasteiger partial charge < -0.3 is 10.2 Å². The lowest BCUT2D eigenvalue weighted by Crippen LogP contribution is -2.40. The van der Waals surface area contributed by atoms with Crippen LogP contribution in [0.25, 0.3) is 0 Å². The number of carbonyl (C=O) groups excluding carboxylic acids is 3. The van der Waals surface area contributed by atoms with Gasteiger partial charge in [0.25, 0.3) is 5.91 Å². The lowest BCUT2D eigenvalue weighted by molar-refractivity contribution is -0.129. The summed E-state index contributed by atoms with van der Waals surface area (Å²) in [4.78, 5) is 40.5. The monoisotopic (exact) mass is 355 g/mol. The van der Waals surface area contributed by atoms with Gasteiger partial charge in [-0.05, 0) is 24.0 Å². The first-order valence-corrected chi connectivity index (χ1v) is 9.61. The Bertz CT molecular complexity index is 684. The van der Waals surface area contributed by atoms with Gasteiger partial charge in [-0.25, -0.2) is 4.79 Å². The molecule has 1 saturated heterocycles. The second-order valence-corrected chi connectivity index (χ2v) is 7.54. The number of rotatable bonds is 4. The van der Waals surface area contributed by atoms with Gasteiger partial charge >= 0.3 is 6.03 Å². The zero-order valence-corrected chi connectivity index (χ0v) is 14.9. The van der Waals surface area contributed by atoms with E-state index < -0.39 is 6.04 Å². The van der Waals surface area contributed by atoms with E-state index in [1.165, 1.54) is 11.3 Å². The van der Waals surface area contributed by atoms with Crippen LogP contribution >= 0.6 is 0 Å². The predicted molar refractivity (Wildman–Crippen MR) is 96.2 cm³/mol. The van der Waals surface area contributed by atoms with Gasteiger partial charge in [0.15, 0.2) is 0 Å². The third-order valence-electron chi connectivity index (χ3n) is 5.81. The number of hydrogen-bond acceptors (Lipinski definition) is 3. The minimum absolute atomic E-state index is 0.0642. The molecule has 0 aromatic heterocycles. The fraction of sp³-hybridized carbons (Fsp3) is 0.550. The third-order valence-corrected chi connectivity index (χ3v) is 5.81. The Labute approximate surface area is 153 Å². The first-order valence-electron chi connectivity index (χ1n) is 9.61. The van der Waals surface area contributed by atoms with Crippen molar-refractivity contribution in [2.24, 2.45) is 0 Å². The number of fused-ring (bicyclic) bond motifs is 2. The molecule has 1 atom stereocenters.